The minimum atomic E-state index is -0.753. The van der Waals surface area contributed by atoms with E-state index in [9.17, 15) is 14.4 Å². The van der Waals surface area contributed by atoms with Crippen LogP contribution in [0.15, 0.2) is 0 Å². The third kappa shape index (κ3) is 29.9. The molecule has 0 heterocycles. The van der Waals surface area contributed by atoms with Crippen LogP contribution in [0.4, 0.5) is 0 Å². The first-order chi connectivity index (χ1) is 20.5. The van der Waals surface area contributed by atoms with E-state index in [-0.39, 0.29) is 31.1 Å². The highest BCUT2D eigenvalue weighted by molar-refractivity contribution is 5.71. The summed E-state index contributed by atoms with van der Waals surface area (Å²) in [4.78, 5) is 36.9. The summed E-state index contributed by atoms with van der Waals surface area (Å²) in [5, 5.41) is 0. The number of carbonyl (C=O) groups excluding carboxylic acids is 3. The average Bonchev–Trinajstić information content (AvgIpc) is 2.98. The number of ether oxygens (including phenoxy) is 3. The maximum Gasteiger partial charge on any atom is 0.306 e. The van der Waals surface area contributed by atoms with Crippen molar-refractivity contribution < 1.29 is 28.6 Å². The molecular weight excluding hydrogens is 528 g/mol. The molecule has 0 N–H and O–H groups in total. The minimum absolute atomic E-state index is 0.0662. The van der Waals surface area contributed by atoms with Crippen molar-refractivity contribution in [3.63, 3.8) is 0 Å². The van der Waals surface area contributed by atoms with E-state index in [1.807, 2.05) is 0 Å². The lowest BCUT2D eigenvalue weighted by molar-refractivity contribution is -0.167. The van der Waals surface area contributed by atoms with Crippen LogP contribution < -0.4 is 0 Å². The Kier molecular flexibility index (Phi) is 31.1. The lowest BCUT2D eigenvalue weighted by Crippen LogP contribution is -2.30. The Balaban J connectivity index is 4.19. The number of rotatable bonds is 32. The van der Waals surface area contributed by atoms with Gasteiger partial charge >= 0.3 is 17.9 Å². The van der Waals surface area contributed by atoms with E-state index in [0.29, 0.717) is 19.3 Å². The molecule has 248 valence electrons. The second-order valence-electron chi connectivity index (χ2n) is 12.2. The van der Waals surface area contributed by atoms with Gasteiger partial charge in [0.2, 0.25) is 0 Å². The van der Waals surface area contributed by atoms with Crippen LogP contribution in [0.3, 0.4) is 0 Å². The van der Waals surface area contributed by atoms with E-state index in [0.717, 1.165) is 64.2 Å². The standard InChI is InChI=1S/C36H68O6/c1-4-7-10-13-15-16-17-18-19-20-21-24-26-29-35(38)41-32-33(31-40-34(37)28-25-22-12-9-6-3)42-36(39)30-27-23-14-11-8-5-2/h33H,4-32H2,1-3H3. The molecular formula is C36H68O6. The van der Waals surface area contributed by atoms with Gasteiger partial charge < -0.3 is 14.2 Å². The minimum Gasteiger partial charge on any atom is -0.462 e. The summed E-state index contributed by atoms with van der Waals surface area (Å²) in [6.45, 7) is 6.47. The van der Waals surface area contributed by atoms with Crippen molar-refractivity contribution in [1.29, 1.82) is 0 Å². The van der Waals surface area contributed by atoms with Gasteiger partial charge in [0.1, 0.15) is 13.2 Å². The quantitative estimate of drug-likeness (QED) is 0.0436. The molecule has 1 unspecified atom stereocenters. The highest BCUT2D eigenvalue weighted by Gasteiger charge is 2.19. The second-order valence-corrected chi connectivity index (χ2v) is 12.2. The SMILES string of the molecule is CCCCCCCCCCCCCCCC(=O)OCC(COC(=O)CCCCCCC)OC(=O)CCCCCCCC. The maximum atomic E-state index is 12.4. The van der Waals surface area contributed by atoms with Gasteiger partial charge in [-0.05, 0) is 19.3 Å². The van der Waals surface area contributed by atoms with Gasteiger partial charge in [-0.15, -0.1) is 0 Å². The molecule has 0 saturated heterocycles. The lowest BCUT2D eigenvalue weighted by Gasteiger charge is -2.18. The van der Waals surface area contributed by atoms with Crippen LogP contribution in [-0.4, -0.2) is 37.2 Å². The largest absolute Gasteiger partial charge is 0.462 e. The Morgan fingerprint density at radius 3 is 0.952 bits per heavy atom. The highest BCUT2D eigenvalue weighted by Crippen LogP contribution is 2.14. The Morgan fingerprint density at radius 1 is 0.381 bits per heavy atom. The molecule has 0 saturated carbocycles. The van der Waals surface area contributed by atoms with Crippen LogP contribution in [0.2, 0.25) is 0 Å². The molecule has 0 aromatic carbocycles. The molecule has 1 atom stereocenters. The van der Waals surface area contributed by atoms with Gasteiger partial charge in [-0.25, -0.2) is 0 Å². The molecule has 42 heavy (non-hydrogen) atoms. The fourth-order valence-electron chi connectivity index (χ4n) is 5.09. The maximum absolute atomic E-state index is 12.4. The van der Waals surface area contributed by atoms with E-state index in [1.165, 1.54) is 89.9 Å². The number of unbranched alkanes of at least 4 members (excludes halogenated alkanes) is 21. The summed E-state index contributed by atoms with van der Waals surface area (Å²) in [5.74, 6) is -0.891. The molecule has 0 radical (unpaired) electrons. The van der Waals surface area contributed by atoms with E-state index >= 15 is 0 Å². The molecule has 0 aliphatic heterocycles. The zero-order valence-electron chi connectivity index (χ0n) is 28.0. The van der Waals surface area contributed by atoms with Gasteiger partial charge in [-0.1, -0.05) is 156 Å². The molecule has 0 aliphatic carbocycles. The third-order valence-electron chi connectivity index (χ3n) is 7.86. The molecule has 6 heteroatoms. The Morgan fingerprint density at radius 2 is 0.643 bits per heavy atom. The molecule has 0 bridgehead atoms. The predicted molar refractivity (Wildman–Crippen MR) is 173 cm³/mol. The normalized spacial score (nSPS) is 11.8. The topological polar surface area (TPSA) is 78.9 Å². The van der Waals surface area contributed by atoms with Gasteiger partial charge in [0.15, 0.2) is 6.10 Å². The number of hydrogen-bond donors (Lipinski definition) is 0. The monoisotopic (exact) mass is 597 g/mol. The molecule has 0 aliphatic rings. The van der Waals surface area contributed by atoms with Crippen molar-refractivity contribution in [3.8, 4) is 0 Å². The van der Waals surface area contributed by atoms with Gasteiger partial charge in [-0.3, -0.25) is 14.4 Å². The molecule has 0 amide bonds. The number of hydrogen-bond acceptors (Lipinski definition) is 6. The van der Waals surface area contributed by atoms with Crippen molar-refractivity contribution >= 4 is 17.9 Å². The van der Waals surface area contributed by atoms with Crippen molar-refractivity contribution in [2.45, 2.75) is 200 Å². The third-order valence-corrected chi connectivity index (χ3v) is 7.86. The molecule has 0 fully saturated rings. The predicted octanol–water partition coefficient (Wildman–Crippen LogP) is 10.6. The van der Waals surface area contributed by atoms with E-state index in [2.05, 4.69) is 20.8 Å². The van der Waals surface area contributed by atoms with Crippen molar-refractivity contribution in [2.24, 2.45) is 0 Å². The lowest BCUT2D eigenvalue weighted by atomic mass is 10.0. The Bertz CT molecular complexity index is 620. The highest BCUT2D eigenvalue weighted by atomic mass is 16.6. The smallest absolute Gasteiger partial charge is 0.306 e. The summed E-state index contributed by atoms with van der Waals surface area (Å²) < 4.78 is 16.4. The van der Waals surface area contributed by atoms with Gasteiger partial charge in [0.25, 0.3) is 0 Å². The van der Waals surface area contributed by atoms with Gasteiger partial charge in [0, 0.05) is 19.3 Å². The summed E-state index contributed by atoms with van der Waals surface area (Å²) in [6, 6.07) is 0. The van der Waals surface area contributed by atoms with Crippen LogP contribution in [0.1, 0.15) is 194 Å². The molecule has 0 rings (SSSR count). The summed E-state index contributed by atoms with van der Waals surface area (Å²) >= 11 is 0. The van der Waals surface area contributed by atoms with Crippen LogP contribution in [0.25, 0.3) is 0 Å². The van der Waals surface area contributed by atoms with Gasteiger partial charge in [-0.2, -0.15) is 0 Å². The first-order valence-electron chi connectivity index (χ1n) is 18.0. The Hall–Kier alpha value is -1.59. The Labute approximate surface area is 259 Å². The molecule has 0 aromatic rings. The zero-order chi connectivity index (χ0) is 30.9. The van der Waals surface area contributed by atoms with Crippen molar-refractivity contribution in [2.75, 3.05) is 13.2 Å². The molecule has 0 aromatic heterocycles. The zero-order valence-corrected chi connectivity index (χ0v) is 28.0. The van der Waals surface area contributed by atoms with Crippen LogP contribution in [0.5, 0.6) is 0 Å². The van der Waals surface area contributed by atoms with Crippen molar-refractivity contribution in [3.05, 3.63) is 0 Å². The fraction of sp³-hybridized carbons (Fsp3) is 0.917. The number of esters is 3. The first-order valence-corrected chi connectivity index (χ1v) is 18.0. The number of carbonyl (C=O) groups is 3. The van der Waals surface area contributed by atoms with Crippen LogP contribution in [0, 0.1) is 0 Å². The fourth-order valence-corrected chi connectivity index (χ4v) is 5.09. The first kappa shape index (κ1) is 40.4. The van der Waals surface area contributed by atoms with Crippen LogP contribution >= 0.6 is 0 Å². The molecule has 6 nitrogen and oxygen atoms in total. The van der Waals surface area contributed by atoms with Crippen LogP contribution in [-0.2, 0) is 28.6 Å². The molecule has 0 spiro atoms. The summed E-state index contributed by atoms with van der Waals surface area (Å²) in [5.41, 5.74) is 0. The van der Waals surface area contributed by atoms with E-state index in [4.69, 9.17) is 14.2 Å². The average molecular weight is 597 g/mol. The summed E-state index contributed by atoms with van der Waals surface area (Å²) in [6.07, 6.45) is 28.5. The van der Waals surface area contributed by atoms with Crippen molar-refractivity contribution in [1.82, 2.24) is 0 Å². The van der Waals surface area contributed by atoms with E-state index in [1.54, 1.807) is 0 Å². The second kappa shape index (κ2) is 32.3. The van der Waals surface area contributed by atoms with Gasteiger partial charge in [0.05, 0.1) is 0 Å². The van der Waals surface area contributed by atoms with E-state index < -0.39 is 6.10 Å². The summed E-state index contributed by atoms with van der Waals surface area (Å²) in [7, 11) is 0.